The number of hydrogen-bond donors (Lipinski definition) is 3. The van der Waals surface area contributed by atoms with E-state index in [4.69, 9.17) is 20.9 Å². The van der Waals surface area contributed by atoms with Gasteiger partial charge in [0.1, 0.15) is 22.5 Å². The Bertz CT molecular complexity index is 1220. The number of carbonyl (C=O) groups excluding carboxylic acids is 3. The quantitative estimate of drug-likeness (QED) is 0.360. The number of nitrogens with two attached hydrogens (primary N) is 2. The fourth-order valence-electron chi connectivity index (χ4n) is 3.32. The second-order valence-corrected chi connectivity index (χ2v) is 8.03. The van der Waals surface area contributed by atoms with Gasteiger partial charge < -0.3 is 26.3 Å². The van der Waals surface area contributed by atoms with Crippen LogP contribution in [0.15, 0.2) is 48.5 Å². The van der Waals surface area contributed by atoms with E-state index in [1.807, 2.05) is 0 Å². The number of benzene rings is 2. The SMILES string of the molecule is COCCNC(=O)C(c1ccc(F)cc1)N(C(=O)c1snc(C(N)=O)c1N)c1cccc(OC)c1. The summed E-state index contributed by atoms with van der Waals surface area (Å²) < 4.78 is 27.9. The number of hydrogen-bond acceptors (Lipinski definition) is 8. The van der Waals surface area contributed by atoms with Crippen molar-refractivity contribution in [1.82, 2.24) is 9.69 Å². The van der Waals surface area contributed by atoms with Crippen molar-refractivity contribution in [3.8, 4) is 5.75 Å². The number of aromatic nitrogens is 1. The number of anilines is 2. The zero-order chi connectivity index (χ0) is 25.5. The average molecular weight is 502 g/mol. The topological polar surface area (TPSA) is 150 Å². The molecular weight excluding hydrogens is 477 g/mol. The number of amides is 3. The van der Waals surface area contributed by atoms with Crippen LogP contribution < -0.4 is 26.4 Å². The highest BCUT2D eigenvalue weighted by Crippen LogP contribution is 2.34. The van der Waals surface area contributed by atoms with Crippen molar-refractivity contribution < 1.29 is 28.2 Å². The van der Waals surface area contributed by atoms with Crippen LogP contribution >= 0.6 is 11.5 Å². The fourth-order valence-corrected chi connectivity index (χ4v) is 4.06. The maximum atomic E-state index is 13.9. The molecule has 0 fully saturated rings. The van der Waals surface area contributed by atoms with Crippen molar-refractivity contribution >= 4 is 40.6 Å². The first-order chi connectivity index (χ1) is 16.8. The summed E-state index contributed by atoms with van der Waals surface area (Å²) in [6.07, 6.45) is 0. The number of nitrogens with one attached hydrogen (secondary N) is 1. The second-order valence-electron chi connectivity index (χ2n) is 7.25. The Hall–Kier alpha value is -4.03. The fraction of sp³-hybridized carbons (Fsp3) is 0.217. The molecule has 5 N–H and O–H groups in total. The number of primary amides is 1. The summed E-state index contributed by atoms with van der Waals surface area (Å²) in [7, 11) is 2.94. The molecule has 1 atom stereocenters. The zero-order valence-electron chi connectivity index (χ0n) is 19.0. The highest BCUT2D eigenvalue weighted by molar-refractivity contribution is 7.09. The number of nitrogens with zero attached hydrogens (tertiary/aromatic N) is 2. The first-order valence-corrected chi connectivity index (χ1v) is 11.1. The highest BCUT2D eigenvalue weighted by Gasteiger charge is 2.36. The Labute approximate surface area is 204 Å². The van der Waals surface area contributed by atoms with Gasteiger partial charge in [-0.2, -0.15) is 4.37 Å². The van der Waals surface area contributed by atoms with Crippen LogP contribution in [0.5, 0.6) is 5.75 Å². The molecule has 0 saturated carbocycles. The van der Waals surface area contributed by atoms with Gasteiger partial charge in [-0.25, -0.2) is 4.39 Å². The number of nitrogen functional groups attached to an aromatic ring is 1. The second kappa shape index (κ2) is 11.4. The minimum Gasteiger partial charge on any atom is -0.497 e. The lowest BCUT2D eigenvalue weighted by molar-refractivity contribution is -0.122. The minimum atomic E-state index is -1.24. The van der Waals surface area contributed by atoms with Gasteiger partial charge in [0.2, 0.25) is 5.91 Å². The van der Waals surface area contributed by atoms with E-state index in [0.29, 0.717) is 28.5 Å². The van der Waals surface area contributed by atoms with Crippen LogP contribution in [0.3, 0.4) is 0 Å². The van der Waals surface area contributed by atoms with Crippen LogP contribution in [0.25, 0.3) is 0 Å². The third-order valence-corrected chi connectivity index (χ3v) is 5.85. The summed E-state index contributed by atoms with van der Waals surface area (Å²) in [4.78, 5) is 40.0. The summed E-state index contributed by atoms with van der Waals surface area (Å²) >= 11 is 0.684. The molecule has 1 aromatic heterocycles. The Morgan fingerprint density at radius 2 is 1.89 bits per heavy atom. The predicted molar refractivity (Wildman–Crippen MR) is 129 cm³/mol. The molecule has 0 aliphatic heterocycles. The normalized spacial score (nSPS) is 11.5. The van der Waals surface area contributed by atoms with E-state index >= 15 is 0 Å². The van der Waals surface area contributed by atoms with Gasteiger partial charge in [-0.05, 0) is 41.4 Å². The Kier molecular flexibility index (Phi) is 8.34. The number of methoxy groups -OCH3 is 2. The number of halogens is 1. The summed E-state index contributed by atoms with van der Waals surface area (Å²) in [5, 5.41) is 2.72. The monoisotopic (exact) mass is 501 g/mol. The van der Waals surface area contributed by atoms with Gasteiger partial charge in [-0.15, -0.1) is 0 Å². The van der Waals surface area contributed by atoms with Crippen molar-refractivity contribution in [3.05, 3.63) is 70.5 Å². The lowest BCUT2D eigenvalue weighted by Gasteiger charge is -2.31. The molecule has 0 aliphatic rings. The maximum Gasteiger partial charge on any atom is 0.273 e. The molecule has 1 unspecified atom stereocenters. The maximum absolute atomic E-state index is 13.9. The molecule has 35 heavy (non-hydrogen) atoms. The van der Waals surface area contributed by atoms with Gasteiger partial charge in [0.15, 0.2) is 5.69 Å². The number of carbonyl (C=O) groups is 3. The first-order valence-electron chi connectivity index (χ1n) is 10.3. The van der Waals surface area contributed by atoms with Gasteiger partial charge in [0.05, 0.1) is 19.4 Å². The Morgan fingerprint density at radius 3 is 2.49 bits per heavy atom. The number of rotatable bonds is 10. The molecule has 12 heteroatoms. The summed E-state index contributed by atoms with van der Waals surface area (Å²) in [6, 6.07) is 10.4. The highest BCUT2D eigenvalue weighted by atomic mass is 32.1. The molecule has 0 aliphatic carbocycles. The Morgan fingerprint density at radius 1 is 1.17 bits per heavy atom. The van der Waals surface area contributed by atoms with Gasteiger partial charge in [0.25, 0.3) is 11.8 Å². The van der Waals surface area contributed by atoms with Gasteiger partial charge in [-0.3, -0.25) is 19.3 Å². The summed E-state index contributed by atoms with van der Waals surface area (Å²) in [5.74, 6) is -2.24. The number of ether oxygens (including phenoxy) is 2. The summed E-state index contributed by atoms with van der Waals surface area (Å²) in [6.45, 7) is 0.403. The molecule has 10 nitrogen and oxygen atoms in total. The van der Waals surface area contributed by atoms with Crippen molar-refractivity contribution in [3.63, 3.8) is 0 Å². The van der Waals surface area contributed by atoms with Crippen molar-refractivity contribution in [1.29, 1.82) is 0 Å². The third-order valence-electron chi connectivity index (χ3n) is 5.00. The van der Waals surface area contributed by atoms with E-state index < -0.39 is 29.6 Å². The molecule has 0 radical (unpaired) electrons. The van der Waals surface area contributed by atoms with E-state index in [-0.39, 0.29) is 29.4 Å². The van der Waals surface area contributed by atoms with Crippen LogP contribution in [0, 0.1) is 5.82 Å². The van der Waals surface area contributed by atoms with Crippen LogP contribution in [0.4, 0.5) is 15.8 Å². The molecule has 1 heterocycles. The van der Waals surface area contributed by atoms with Gasteiger partial charge >= 0.3 is 0 Å². The smallest absolute Gasteiger partial charge is 0.273 e. The summed E-state index contributed by atoms with van der Waals surface area (Å²) in [5.41, 5.74) is 11.5. The van der Waals surface area contributed by atoms with Crippen molar-refractivity contribution in [2.24, 2.45) is 5.73 Å². The van der Waals surface area contributed by atoms with Crippen LogP contribution in [-0.2, 0) is 9.53 Å². The van der Waals surface area contributed by atoms with E-state index in [1.54, 1.807) is 24.3 Å². The minimum absolute atomic E-state index is 0.0848. The van der Waals surface area contributed by atoms with Crippen LogP contribution in [0.1, 0.15) is 31.8 Å². The molecule has 2 aromatic carbocycles. The van der Waals surface area contributed by atoms with Crippen LogP contribution in [0.2, 0.25) is 0 Å². The zero-order valence-corrected chi connectivity index (χ0v) is 19.8. The van der Waals surface area contributed by atoms with Gasteiger partial charge in [0, 0.05) is 25.4 Å². The lowest BCUT2D eigenvalue weighted by Crippen LogP contribution is -2.44. The molecule has 3 rings (SSSR count). The van der Waals surface area contributed by atoms with Gasteiger partial charge in [-0.1, -0.05) is 18.2 Å². The van der Waals surface area contributed by atoms with E-state index in [9.17, 15) is 18.8 Å². The lowest BCUT2D eigenvalue weighted by atomic mass is 10.0. The molecule has 184 valence electrons. The molecule has 0 bridgehead atoms. The molecule has 0 spiro atoms. The van der Waals surface area contributed by atoms with Crippen molar-refractivity contribution in [2.75, 3.05) is 38.0 Å². The van der Waals surface area contributed by atoms with E-state index in [0.717, 1.165) is 0 Å². The molecule has 3 aromatic rings. The first kappa shape index (κ1) is 25.6. The molecular formula is C23H24FN5O5S. The largest absolute Gasteiger partial charge is 0.497 e. The van der Waals surface area contributed by atoms with E-state index in [2.05, 4.69) is 9.69 Å². The predicted octanol–water partition coefficient (Wildman–Crippen LogP) is 2.12. The van der Waals surface area contributed by atoms with Crippen LogP contribution in [-0.4, -0.2) is 49.5 Å². The third kappa shape index (κ3) is 5.73. The average Bonchev–Trinajstić information content (AvgIpc) is 3.24. The molecule has 0 saturated heterocycles. The van der Waals surface area contributed by atoms with E-state index in [1.165, 1.54) is 43.4 Å². The standard InChI is InChI=1S/C23H24FN5O5S/c1-33-11-10-27-22(31)19(13-6-8-14(24)9-7-13)29(15-4-3-5-16(12-15)34-2)23(32)20-17(25)18(21(26)30)28-35-20/h3-9,12,19H,10-11,25H2,1-2H3,(H2,26,30)(H,27,31). The van der Waals surface area contributed by atoms with Crippen molar-refractivity contribution in [2.45, 2.75) is 6.04 Å². The Balaban J connectivity index is 2.19. The molecule has 3 amide bonds.